The number of para-hydroxylation sites is 2. The fraction of sp³-hybridized carbons (Fsp3) is 0.0870. The van der Waals surface area contributed by atoms with Gasteiger partial charge in [0.1, 0.15) is 45.9 Å². The molecule has 0 aromatic heterocycles. The lowest BCUT2D eigenvalue weighted by molar-refractivity contribution is 0.415. The molecule has 7 rings (SSSR count). The topological polar surface area (TPSA) is 104 Å². The summed E-state index contributed by atoms with van der Waals surface area (Å²) in [5.41, 5.74) is 6.59. The first-order valence-electron chi connectivity index (χ1n) is 17.9. The van der Waals surface area contributed by atoms with Crippen molar-refractivity contribution >= 4 is 45.5 Å². The van der Waals surface area contributed by atoms with Crippen LogP contribution in [0.3, 0.4) is 0 Å². The monoisotopic (exact) mass is 746 g/mol. The lowest BCUT2D eigenvalue weighted by atomic mass is 10.2. The smallest absolute Gasteiger partial charge is 0.153 e. The third-order valence-electron chi connectivity index (χ3n) is 8.77. The largest absolute Gasteiger partial charge is 0.497 e. The van der Waals surface area contributed by atoms with Gasteiger partial charge in [0.25, 0.3) is 0 Å². The molecule has 0 bridgehead atoms. The average molecular weight is 747 g/mol. The highest BCUT2D eigenvalue weighted by atomic mass is 16.5. The molecule has 10 nitrogen and oxygen atoms in total. The Morgan fingerprint density at radius 2 is 0.607 bits per heavy atom. The Hall–Kier alpha value is -7.46. The van der Waals surface area contributed by atoms with Crippen molar-refractivity contribution in [3.05, 3.63) is 158 Å². The third kappa shape index (κ3) is 9.18. The molecule has 7 aromatic rings. The van der Waals surface area contributed by atoms with Gasteiger partial charge in [0.2, 0.25) is 0 Å². The quantitative estimate of drug-likeness (QED) is 0.0764. The fourth-order valence-corrected chi connectivity index (χ4v) is 5.85. The van der Waals surface area contributed by atoms with E-state index in [0.717, 1.165) is 68.5 Å². The molecule has 0 aliphatic heterocycles. The second-order valence-electron chi connectivity index (χ2n) is 12.5. The van der Waals surface area contributed by atoms with Crippen LogP contribution in [-0.2, 0) is 0 Å². The maximum atomic E-state index is 6.61. The van der Waals surface area contributed by atoms with Crippen LogP contribution in [0.5, 0.6) is 46.0 Å². The molecule has 4 N–H and O–H groups in total. The number of nitrogens with one attached hydrogen (secondary N) is 4. The summed E-state index contributed by atoms with van der Waals surface area (Å²) in [5.74, 6) is 5.44. The Morgan fingerprint density at radius 3 is 0.929 bits per heavy atom. The molecule has 0 amide bonds. The van der Waals surface area contributed by atoms with Crippen LogP contribution in [0.15, 0.2) is 158 Å². The van der Waals surface area contributed by atoms with Gasteiger partial charge < -0.3 is 49.7 Å². The SMILES string of the molecule is COc1ccc(Nc2cccc(Oc3cccc(Oc4cccc(Nc5ccc(OC)cc5)c4Nc4ccc(OC)cc4)c3)c2Nc2ccc(OC)cc2)cc1. The highest BCUT2D eigenvalue weighted by Crippen LogP contribution is 2.43. The minimum absolute atomic E-state index is 0.582. The van der Waals surface area contributed by atoms with E-state index in [0.29, 0.717) is 23.0 Å². The first kappa shape index (κ1) is 36.9. The summed E-state index contributed by atoms with van der Waals surface area (Å²) in [5, 5.41) is 14.2. The molecule has 0 aliphatic rings. The van der Waals surface area contributed by atoms with Crippen LogP contribution in [0.2, 0.25) is 0 Å². The summed E-state index contributed by atoms with van der Waals surface area (Å²) < 4.78 is 34.7. The Bertz CT molecular complexity index is 2190. The van der Waals surface area contributed by atoms with Gasteiger partial charge in [-0.3, -0.25) is 0 Å². The minimum Gasteiger partial charge on any atom is -0.497 e. The predicted octanol–water partition coefficient (Wildman–Crippen LogP) is 12.3. The minimum atomic E-state index is 0.582. The van der Waals surface area contributed by atoms with Crippen LogP contribution < -0.4 is 49.7 Å². The summed E-state index contributed by atoms with van der Waals surface area (Å²) in [7, 11) is 6.59. The Kier molecular flexibility index (Phi) is 11.6. The van der Waals surface area contributed by atoms with Crippen molar-refractivity contribution < 1.29 is 28.4 Å². The van der Waals surface area contributed by atoms with Crippen LogP contribution >= 0.6 is 0 Å². The molecule has 0 unspecified atom stereocenters. The maximum Gasteiger partial charge on any atom is 0.153 e. The molecule has 56 heavy (non-hydrogen) atoms. The van der Waals surface area contributed by atoms with E-state index in [1.807, 2.05) is 158 Å². The Morgan fingerprint density at radius 1 is 0.304 bits per heavy atom. The molecule has 0 heterocycles. The van der Waals surface area contributed by atoms with Crippen molar-refractivity contribution in [3.8, 4) is 46.0 Å². The van der Waals surface area contributed by atoms with Gasteiger partial charge in [-0.2, -0.15) is 0 Å². The molecule has 0 atom stereocenters. The van der Waals surface area contributed by atoms with Crippen molar-refractivity contribution in [2.24, 2.45) is 0 Å². The van der Waals surface area contributed by atoms with E-state index in [9.17, 15) is 0 Å². The van der Waals surface area contributed by atoms with Crippen LogP contribution in [0, 0.1) is 0 Å². The average Bonchev–Trinajstić information content (AvgIpc) is 3.24. The summed E-state index contributed by atoms with van der Waals surface area (Å²) in [4.78, 5) is 0. The summed E-state index contributed by atoms with van der Waals surface area (Å²) >= 11 is 0. The number of hydrogen-bond acceptors (Lipinski definition) is 10. The van der Waals surface area contributed by atoms with E-state index >= 15 is 0 Å². The van der Waals surface area contributed by atoms with Crippen LogP contribution in [0.1, 0.15) is 0 Å². The molecule has 10 heteroatoms. The molecule has 0 fully saturated rings. The zero-order chi connectivity index (χ0) is 38.7. The molecule has 0 spiro atoms. The second kappa shape index (κ2) is 17.6. The highest BCUT2D eigenvalue weighted by Gasteiger charge is 2.16. The van der Waals surface area contributed by atoms with Crippen molar-refractivity contribution in [2.45, 2.75) is 0 Å². The van der Waals surface area contributed by atoms with Crippen LogP contribution in [0.25, 0.3) is 0 Å². The highest BCUT2D eigenvalue weighted by molar-refractivity contribution is 5.85. The first-order valence-corrected chi connectivity index (χ1v) is 17.9. The summed E-state index contributed by atoms with van der Waals surface area (Å²) in [6.07, 6.45) is 0. The maximum absolute atomic E-state index is 6.61. The zero-order valence-electron chi connectivity index (χ0n) is 31.5. The van der Waals surface area contributed by atoms with Crippen molar-refractivity contribution in [1.29, 1.82) is 0 Å². The number of rotatable bonds is 16. The Balaban J connectivity index is 1.19. The molecule has 0 saturated carbocycles. The lowest BCUT2D eigenvalue weighted by Crippen LogP contribution is -2.01. The zero-order valence-corrected chi connectivity index (χ0v) is 31.5. The number of ether oxygens (including phenoxy) is 6. The van der Waals surface area contributed by atoms with Gasteiger partial charge in [0, 0.05) is 28.8 Å². The second-order valence-corrected chi connectivity index (χ2v) is 12.5. The van der Waals surface area contributed by atoms with E-state index in [1.54, 1.807) is 28.4 Å². The van der Waals surface area contributed by atoms with Gasteiger partial charge in [-0.1, -0.05) is 18.2 Å². The molecule has 0 aliphatic carbocycles. The van der Waals surface area contributed by atoms with E-state index in [-0.39, 0.29) is 0 Å². The number of hydrogen-bond donors (Lipinski definition) is 4. The summed E-state index contributed by atoms with van der Waals surface area (Å²) in [6.45, 7) is 0. The first-order chi connectivity index (χ1) is 27.5. The van der Waals surface area contributed by atoms with E-state index in [1.165, 1.54) is 0 Å². The molecule has 0 radical (unpaired) electrons. The van der Waals surface area contributed by atoms with Crippen molar-refractivity contribution in [1.82, 2.24) is 0 Å². The number of anilines is 8. The van der Waals surface area contributed by atoms with Gasteiger partial charge in [-0.25, -0.2) is 0 Å². The van der Waals surface area contributed by atoms with Crippen LogP contribution in [-0.4, -0.2) is 28.4 Å². The molecule has 7 aromatic carbocycles. The summed E-state index contributed by atoms with van der Waals surface area (Å²) in [6, 6.07) is 50.2. The van der Waals surface area contributed by atoms with E-state index in [2.05, 4.69) is 21.3 Å². The predicted molar refractivity (Wildman–Crippen MR) is 225 cm³/mol. The van der Waals surface area contributed by atoms with Crippen LogP contribution in [0.4, 0.5) is 45.5 Å². The van der Waals surface area contributed by atoms with Gasteiger partial charge in [-0.05, 0) is 133 Å². The van der Waals surface area contributed by atoms with Crippen molar-refractivity contribution in [3.63, 3.8) is 0 Å². The Labute approximate surface area is 326 Å². The number of benzene rings is 7. The normalized spacial score (nSPS) is 10.5. The molecular weight excluding hydrogens is 705 g/mol. The van der Waals surface area contributed by atoms with E-state index < -0.39 is 0 Å². The molecular formula is C46H42N4O6. The molecule has 282 valence electrons. The van der Waals surface area contributed by atoms with Gasteiger partial charge in [0.05, 0.1) is 39.8 Å². The molecule has 0 saturated heterocycles. The third-order valence-corrected chi connectivity index (χ3v) is 8.77. The fourth-order valence-electron chi connectivity index (χ4n) is 5.85. The lowest BCUT2D eigenvalue weighted by Gasteiger charge is -2.20. The van der Waals surface area contributed by atoms with Crippen molar-refractivity contribution in [2.75, 3.05) is 49.7 Å². The van der Waals surface area contributed by atoms with Gasteiger partial charge in [-0.15, -0.1) is 0 Å². The van der Waals surface area contributed by atoms with Gasteiger partial charge in [0.15, 0.2) is 11.5 Å². The number of methoxy groups -OCH3 is 4. The standard InChI is InChI=1S/C46H42N4O6/c1-51-35-22-14-31(15-23-35)47-41-10-6-12-43(45(41)49-33-18-26-37(53-3)27-19-33)55-39-8-5-9-40(30-39)56-44-13-7-11-42(48-32-16-24-36(52-2)25-17-32)46(44)50-34-20-28-38(54-4)29-21-34/h5-30,47-50H,1-4H3. The van der Waals surface area contributed by atoms with E-state index in [4.69, 9.17) is 28.4 Å². The van der Waals surface area contributed by atoms with Gasteiger partial charge >= 0.3 is 0 Å².